The number of hydrogen-bond acceptors (Lipinski definition) is 7. The Morgan fingerprint density at radius 2 is 2.05 bits per heavy atom. The van der Waals surface area contributed by atoms with E-state index in [4.69, 9.17) is 28.3 Å². The lowest BCUT2D eigenvalue weighted by atomic mass is 10.1. The van der Waals surface area contributed by atoms with Crippen LogP contribution in [0.3, 0.4) is 0 Å². The molecule has 10 nitrogen and oxygen atoms in total. The number of hydrazine groups is 2. The lowest BCUT2D eigenvalue weighted by Gasteiger charge is -2.28. The summed E-state index contributed by atoms with van der Waals surface area (Å²) in [7, 11) is 0. The fourth-order valence-electron chi connectivity index (χ4n) is 5.11. The van der Waals surface area contributed by atoms with Gasteiger partial charge in [-0.25, -0.2) is 20.8 Å². The zero-order valence-electron chi connectivity index (χ0n) is 21.6. The second kappa shape index (κ2) is 11.3. The first-order valence-electron chi connectivity index (χ1n) is 13.2. The van der Waals surface area contributed by atoms with Crippen molar-refractivity contribution in [2.75, 3.05) is 24.6 Å². The number of anilines is 1. The number of carbonyl (C=O) groups excluding carboxylic acids is 2. The first-order valence-corrected chi connectivity index (χ1v) is 13.6. The number of aromatic nitrogens is 2. The van der Waals surface area contributed by atoms with E-state index in [9.17, 15) is 9.59 Å². The normalized spacial score (nSPS) is 22.0. The van der Waals surface area contributed by atoms with Crippen LogP contribution in [0.4, 0.5) is 5.95 Å². The van der Waals surface area contributed by atoms with Crippen LogP contribution >= 0.6 is 11.6 Å². The zero-order chi connectivity index (χ0) is 26.8. The van der Waals surface area contributed by atoms with Gasteiger partial charge in [0.15, 0.2) is 0 Å². The number of fused-ring (bicyclic) bond motifs is 1. The smallest absolute Gasteiger partial charge is 0.274 e. The van der Waals surface area contributed by atoms with Crippen molar-refractivity contribution in [1.82, 2.24) is 24.8 Å². The van der Waals surface area contributed by atoms with E-state index in [1.54, 1.807) is 29.4 Å². The fourth-order valence-corrected chi connectivity index (χ4v) is 5.37. The number of dihydropyridines is 1. The molecule has 1 aromatic carbocycles. The summed E-state index contributed by atoms with van der Waals surface area (Å²) >= 11 is 6.67. The van der Waals surface area contributed by atoms with Gasteiger partial charge in [0.2, 0.25) is 11.9 Å². The number of nitrogens with two attached hydrogens (primary N) is 2. The van der Waals surface area contributed by atoms with Gasteiger partial charge in [-0.05, 0) is 69.5 Å². The Morgan fingerprint density at radius 1 is 1.24 bits per heavy atom. The minimum absolute atomic E-state index is 0.00530. The van der Waals surface area contributed by atoms with Gasteiger partial charge in [-0.15, -0.1) is 0 Å². The Labute approximate surface area is 227 Å². The van der Waals surface area contributed by atoms with Crippen molar-refractivity contribution in [2.24, 2.45) is 11.7 Å². The molecule has 2 atom stereocenters. The standard InChI is InChI=1S/C27H35ClN8O2/c1-18-16-19(12-13-31-18)26(38)36(30)27-32-23-8-4-7-22(28)25(23)35(27)21-6-2-3-14-33(17-21)24(37)9-5-15-34(29)20-10-11-20/h4-5,7-9,12-13,16,18,20-21,31H,2-3,6,10-11,14-15,17,29-30H2,1H3/b9-5+/t18?,21-/m1/s1. The summed E-state index contributed by atoms with van der Waals surface area (Å²) in [6.07, 6.45) is 13.5. The maximum absolute atomic E-state index is 13.4. The third-order valence-corrected chi connectivity index (χ3v) is 7.60. The first-order chi connectivity index (χ1) is 18.3. The third kappa shape index (κ3) is 5.63. The highest BCUT2D eigenvalue weighted by Crippen LogP contribution is 2.35. The number of benzene rings is 1. The van der Waals surface area contributed by atoms with Crippen molar-refractivity contribution in [3.05, 3.63) is 59.3 Å². The van der Waals surface area contributed by atoms with Gasteiger partial charge in [0.05, 0.1) is 22.1 Å². The number of imidazole rings is 1. The van der Waals surface area contributed by atoms with E-state index in [2.05, 4.69) is 5.32 Å². The van der Waals surface area contributed by atoms with Crippen LogP contribution < -0.4 is 22.0 Å². The van der Waals surface area contributed by atoms with Crippen molar-refractivity contribution in [3.8, 4) is 0 Å². The number of rotatable bonds is 7. The van der Waals surface area contributed by atoms with Crippen LogP contribution in [0.2, 0.25) is 5.02 Å². The highest BCUT2D eigenvalue weighted by Gasteiger charge is 2.31. The van der Waals surface area contributed by atoms with E-state index >= 15 is 0 Å². The van der Waals surface area contributed by atoms with Gasteiger partial charge in [0, 0.05) is 43.4 Å². The Hall–Kier alpha value is -3.18. The molecule has 0 radical (unpaired) electrons. The molecule has 2 aromatic rings. The number of para-hydroxylation sites is 1. The minimum Gasteiger partial charge on any atom is -0.385 e. The van der Waals surface area contributed by atoms with Gasteiger partial charge in [0.1, 0.15) is 0 Å². The van der Waals surface area contributed by atoms with Crippen molar-refractivity contribution in [2.45, 2.75) is 57.2 Å². The quantitative estimate of drug-likeness (QED) is 0.214. The summed E-state index contributed by atoms with van der Waals surface area (Å²) in [5, 5.41) is 6.52. The van der Waals surface area contributed by atoms with Crippen LogP contribution in [-0.4, -0.2) is 63.0 Å². The van der Waals surface area contributed by atoms with Gasteiger partial charge < -0.3 is 14.8 Å². The molecule has 1 aromatic heterocycles. The molecule has 3 aliphatic rings. The van der Waals surface area contributed by atoms with E-state index in [1.165, 1.54) is 0 Å². The molecule has 1 unspecified atom stereocenters. The van der Waals surface area contributed by atoms with E-state index in [0.717, 1.165) is 37.1 Å². The summed E-state index contributed by atoms with van der Waals surface area (Å²) in [5.41, 5.74) is 1.82. The Bertz CT molecular complexity index is 1300. The molecule has 1 saturated heterocycles. The third-order valence-electron chi connectivity index (χ3n) is 7.29. The highest BCUT2D eigenvalue weighted by molar-refractivity contribution is 6.35. The van der Waals surface area contributed by atoms with Crippen molar-refractivity contribution >= 4 is 40.4 Å². The monoisotopic (exact) mass is 538 g/mol. The van der Waals surface area contributed by atoms with E-state index in [-0.39, 0.29) is 23.9 Å². The largest absolute Gasteiger partial charge is 0.385 e. The Morgan fingerprint density at radius 3 is 2.82 bits per heavy atom. The van der Waals surface area contributed by atoms with Crippen LogP contribution in [0.15, 0.2) is 54.3 Å². The SMILES string of the molecule is CC1C=C(C(=O)N(N)c2nc3cccc(Cl)c3n2[C@@H]2CCCCN(C(=O)/C=C/CN(N)C3CC3)C2)C=CN1. The second-order valence-corrected chi connectivity index (χ2v) is 10.6. The van der Waals surface area contributed by atoms with Gasteiger partial charge in [-0.1, -0.05) is 23.7 Å². The molecule has 0 bridgehead atoms. The van der Waals surface area contributed by atoms with Crippen LogP contribution in [0.25, 0.3) is 11.0 Å². The number of amides is 2. The minimum atomic E-state index is -0.367. The highest BCUT2D eigenvalue weighted by atomic mass is 35.5. The number of likely N-dealkylation sites (tertiary alicyclic amines) is 1. The average molecular weight is 539 g/mol. The topological polar surface area (TPSA) is 126 Å². The van der Waals surface area contributed by atoms with E-state index in [0.29, 0.717) is 53.3 Å². The lowest BCUT2D eigenvalue weighted by molar-refractivity contribution is -0.126. The van der Waals surface area contributed by atoms with Gasteiger partial charge in [-0.3, -0.25) is 15.4 Å². The van der Waals surface area contributed by atoms with Crippen LogP contribution in [0.5, 0.6) is 0 Å². The molecule has 0 spiro atoms. The van der Waals surface area contributed by atoms with Crippen molar-refractivity contribution in [1.29, 1.82) is 0 Å². The van der Waals surface area contributed by atoms with Crippen LogP contribution in [0.1, 0.15) is 45.1 Å². The molecule has 5 rings (SSSR count). The molecule has 1 aliphatic carbocycles. The van der Waals surface area contributed by atoms with Gasteiger partial charge in [-0.2, -0.15) is 0 Å². The molecule has 3 heterocycles. The first kappa shape index (κ1) is 26.4. The van der Waals surface area contributed by atoms with Crippen LogP contribution in [0, 0.1) is 0 Å². The van der Waals surface area contributed by atoms with E-state index < -0.39 is 0 Å². The summed E-state index contributed by atoms with van der Waals surface area (Å²) in [4.78, 5) is 33.1. The maximum Gasteiger partial charge on any atom is 0.274 e. The molecule has 5 N–H and O–H groups in total. The molecule has 2 fully saturated rings. The summed E-state index contributed by atoms with van der Waals surface area (Å²) in [6, 6.07) is 5.75. The number of halogens is 1. The van der Waals surface area contributed by atoms with Crippen LogP contribution in [-0.2, 0) is 9.59 Å². The molecule has 2 amide bonds. The van der Waals surface area contributed by atoms with Crippen molar-refractivity contribution in [3.63, 3.8) is 0 Å². The van der Waals surface area contributed by atoms with Gasteiger partial charge >= 0.3 is 0 Å². The summed E-state index contributed by atoms with van der Waals surface area (Å²) in [5.74, 6) is 12.4. The average Bonchev–Trinajstić information content (AvgIpc) is 3.72. The Balaban J connectivity index is 1.44. The zero-order valence-corrected chi connectivity index (χ0v) is 22.3. The number of carbonyl (C=O) groups is 2. The molecule has 1 saturated carbocycles. The summed E-state index contributed by atoms with van der Waals surface area (Å²) < 4.78 is 1.94. The second-order valence-electron chi connectivity index (χ2n) is 10.2. The molecule has 2 aliphatic heterocycles. The fraction of sp³-hybridized carbons (Fsp3) is 0.444. The summed E-state index contributed by atoms with van der Waals surface area (Å²) in [6.45, 7) is 3.60. The van der Waals surface area contributed by atoms with Gasteiger partial charge in [0.25, 0.3) is 5.91 Å². The van der Waals surface area contributed by atoms with E-state index in [1.807, 2.05) is 40.7 Å². The van der Waals surface area contributed by atoms with Crippen molar-refractivity contribution < 1.29 is 9.59 Å². The number of hydrogen-bond donors (Lipinski definition) is 3. The molecule has 11 heteroatoms. The predicted octanol–water partition coefficient (Wildman–Crippen LogP) is 2.78. The molecule has 38 heavy (non-hydrogen) atoms. The molecular weight excluding hydrogens is 504 g/mol. The molecular formula is C27H35ClN8O2. The number of nitrogens with zero attached hydrogens (tertiary/aromatic N) is 5. The lowest BCUT2D eigenvalue weighted by Crippen LogP contribution is -2.42. The maximum atomic E-state index is 13.4. The predicted molar refractivity (Wildman–Crippen MR) is 149 cm³/mol. The number of nitrogens with one attached hydrogen (secondary N) is 1. The molecule has 202 valence electrons. The Kier molecular flexibility index (Phi) is 7.85.